The molecule has 3 aromatic rings. The number of hydrogen-bond donors (Lipinski definition) is 0. The first kappa shape index (κ1) is 16.5. The lowest BCUT2D eigenvalue weighted by Crippen LogP contribution is -2.48. The van der Waals surface area contributed by atoms with E-state index in [1.165, 1.54) is 22.7 Å². The van der Waals surface area contributed by atoms with Crippen molar-refractivity contribution >= 4 is 45.3 Å². The Morgan fingerprint density at radius 3 is 2.56 bits per heavy atom. The minimum atomic E-state index is 0.115. The number of benzene rings is 1. The minimum absolute atomic E-state index is 0.115. The van der Waals surface area contributed by atoms with Crippen molar-refractivity contribution in [1.82, 2.24) is 15.1 Å². The largest absolute Gasteiger partial charge is 0.343 e. The van der Waals surface area contributed by atoms with E-state index >= 15 is 0 Å². The Balaban J connectivity index is 1.43. The summed E-state index contributed by atoms with van der Waals surface area (Å²) >= 11 is 9.26. The van der Waals surface area contributed by atoms with E-state index in [0.717, 1.165) is 33.7 Å². The van der Waals surface area contributed by atoms with Crippen LogP contribution in [0.15, 0.2) is 41.8 Å². The highest BCUT2D eigenvalue weighted by Crippen LogP contribution is 2.33. The minimum Gasteiger partial charge on any atom is -0.343 e. The van der Waals surface area contributed by atoms with Crippen molar-refractivity contribution < 1.29 is 4.79 Å². The number of aromatic nitrogens is 2. The molecule has 128 valence electrons. The van der Waals surface area contributed by atoms with Crippen molar-refractivity contribution in [2.45, 2.75) is 0 Å². The number of piperazine rings is 1. The van der Waals surface area contributed by atoms with Crippen LogP contribution in [0.1, 0.15) is 9.67 Å². The van der Waals surface area contributed by atoms with Crippen LogP contribution in [0, 0.1) is 0 Å². The number of carbonyl (C=O) groups is 1. The van der Waals surface area contributed by atoms with Gasteiger partial charge in [0.2, 0.25) is 5.13 Å². The van der Waals surface area contributed by atoms with Crippen LogP contribution in [0.2, 0.25) is 5.02 Å². The molecule has 0 saturated carbocycles. The van der Waals surface area contributed by atoms with E-state index in [2.05, 4.69) is 15.1 Å². The Morgan fingerprint density at radius 2 is 1.84 bits per heavy atom. The zero-order chi connectivity index (χ0) is 17.2. The van der Waals surface area contributed by atoms with Gasteiger partial charge in [0.25, 0.3) is 5.91 Å². The topological polar surface area (TPSA) is 49.3 Å². The zero-order valence-electron chi connectivity index (χ0n) is 13.3. The number of amides is 1. The standard InChI is InChI=1S/C17H15ClN4OS2/c18-13-5-2-1-4-12(13)15-19-20-17(25-15)22-9-7-21(8-10-22)16(23)14-6-3-11-24-14/h1-6,11H,7-10H2. The van der Waals surface area contributed by atoms with Crippen LogP contribution < -0.4 is 4.90 Å². The Morgan fingerprint density at radius 1 is 1.04 bits per heavy atom. The molecule has 0 bridgehead atoms. The second-order valence-electron chi connectivity index (χ2n) is 5.63. The third kappa shape index (κ3) is 3.40. The van der Waals surface area contributed by atoms with Gasteiger partial charge >= 0.3 is 0 Å². The van der Waals surface area contributed by atoms with Crippen LogP contribution in [-0.2, 0) is 0 Å². The number of anilines is 1. The molecule has 1 amide bonds. The fourth-order valence-corrected chi connectivity index (χ4v) is 4.65. The molecule has 4 rings (SSSR count). The number of thiophene rings is 1. The lowest BCUT2D eigenvalue weighted by atomic mass is 10.2. The first-order valence-electron chi connectivity index (χ1n) is 7.88. The Labute approximate surface area is 158 Å². The van der Waals surface area contributed by atoms with Crippen LogP contribution in [0.5, 0.6) is 0 Å². The molecule has 1 aliphatic heterocycles. The lowest BCUT2D eigenvalue weighted by Gasteiger charge is -2.34. The van der Waals surface area contributed by atoms with Crippen LogP contribution in [0.4, 0.5) is 5.13 Å². The molecule has 0 spiro atoms. The molecular formula is C17H15ClN4OS2. The highest BCUT2D eigenvalue weighted by atomic mass is 35.5. The van der Waals surface area contributed by atoms with Crippen molar-refractivity contribution in [2.24, 2.45) is 0 Å². The third-order valence-electron chi connectivity index (χ3n) is 4.09. The monoisotopic (exact) mass is 390 g/mol. The summed E-state index contributed by atoms with van der Waals surface area (Å²) in [5, 5.41) is 12.9. The number of carbonyl (C=O) groups excluding carboxylic acids is 1. The Kier molecular flexibility index (Phi) is 4.70. The summed E-state index contributed by atoms with van der Waals surface area (Å²) in [7, 11) is 0. The molecule has 2 aromatic heterocycles. The van der Waals surface area contributed by atoms with Crippen LogP contribution >= 0.6 is 34.3 Å². The molecule has 8 heteroatoms. The summed E-state index contributed by atoms with van der Waals surface area (Å²) in [4.78, 5) is 17.3. The smallest absolute Gasteiger partial charge is 0.264 e. The molecule has 0 atom stereocenters. The summed E-state index contributed by atoms with van der Waals surface area (Å²) in [5.74, 6) is 0.115. The van der Waals surface area contributed by atoms with Crippen molar-refractivity contribution in [3.05, 3.63) is 51.7 Å². The summed E-state index contributed by atoms with van der Waals surface area (Å²) < 4.78 is 0. The van der Waals surface area contributed by atoms with Gasteiger partial charge in [0, 0.05) is 31.7 Å². The van der Waals surface area contributed by atoms with Gasteiger partial charge in [0.05, 0.1) is 9.90 Å². The predicted octanol–water partition coefficient (Wildman–Crippen LogP) is 3.88. The van der Waals surface area contributed by atoms with E-state index in [1.54, 1.807) is 0 Å². The van der Waals surface area contributed by atoms with Gasteiger partial charge in [-0.1, -0.05) is 47.2 Å². The lowest BCUT2D eigenvalue weighted by molar-refractivity contribution is 0.0751. The molecule has 25 heavy (non-hydrogen) atoms. The molecule has 1 fully saturated rings. The van der Waals surface area contributed by atoms with Crippen molar-refractivity contribution in [1.29, 1.82) is 0 Å². The molecule has 1 aromatic carbocycles. The van der Waals surface area contributed by atoms with Gasteiger partial charge in [0.15, 0.2) is 5.01 Å². The van der Waals surface area contributed by atoms with Crippen LogP contribution in [0.25, 0.3) is 10.6 Å². The second-order valence-corrected chi connectivity index (χ2v) is 7.94. The van der Waals surface area contributed by atoms with E-state index < -0.39 is 0 Å². The summed E-state index contributed by atoms with van der Waals surface area (Å²) in [6.45, 7) is 2.90. The molecule has 3 heterocycles. The maximum absolute atomic E-state index is 12.4. The Bertz CT molecular complexity index is 872. The molecule has 0 N–H and O–H groups in total. The van der Waals surface area contributed by atoms with Crippen molar-refractivity contribution in [3.8, 4) is 10.6 Å². The number of halogens is 1. The first-order valence-corrected chi connectivity index (χ1v) is 9.96. The first-order chi connectivity index (χ1) is 12.2. The van der Waals surface area contributed by atoms with Crippen LogP contribution in [-0.4, -0.2) is 47.2 Å². The number of hydrogen-bond acceptors (Lipinski definition) is 6. The van der Waals surface area contributed by atoms with E-state index in [9.17, 15) is 4.79 Å². The van der Waals surface area contributed by atoms with Gasteiger partial charge in [-0.15, -0.1) is 21.5 Å². The van der Waals surface area contributed by atoms with E-state index in [1.807, 2.05) is 46.7 Å². The average Bonchev–Trinajstić information content (AvgIpc) is 3.34. The molecule has 5 nitrogen and oxygen atoms in total. The second kappa shape index (κ2) is 7.11. The predicted molar refractivity (Wildman–Crippen MR) is 103 cm³/mol. The third-order valence-corrected chi connectivity index (χ3v) is 6.29. The van der Waals surface area contributed by atoms with Gasteiger partial charge in [-0.2, -0.15) is 0 Å². The average molecular weight is 391 g/mol. The van der Waals surface area contributed by atoms with Crippen molar-refractivity contribution in [2.75, 3.05) is 31.1 Å². The fourth-order valence-electron chi connectivity index (χ4n) is 2.74. The fraction of sp³-hybridized carbons (Fsp3) is 0.235. The van der Waals surface area contributed by atoms with Gasteiger partial charge < -0.3 is 9.80 Å². The summed E-state index contributed by atoms with van der Waals surface area (Å²) in [6.07, 6.45) is 0. The van der Waals surface area contributed by atoms with Crippen LogP contribution in [0.3, 0.4) is 0 Å². The van der Waals surface area contributed by atoms with Gasteiger partial charge in [-0.25, -0.2) is 0 Å². The molecule has 0 radical (unpaired) electrons. The normalized spacial score (nSPS) is 14.8. The number of nitrogens with zero attached hydrogens (tertiary/aromatic N) is 4. The molecule has 1 aliphatic rings. The highest BCUT2D eigenvalue weighted by Gasteiger charge is 2.24. The van der Waals surface area contributed by atoms with Gasteiger partial charge in [-0.05, 0) is 17.5 Å². The SMILES string of the molecule is O=C(c1cccs1)N1CCN(c2nnc(-c3ccccc3Cl)s2)CC1. The van der Waals surface area contributed by atoms with E-state index in [0.29, 0.717) is 18.1 Å². The molecule has 0 aliphatic carbocycles. The maximum Gasteiger partial charge on any atom is 0.264 e. The molecular weight excluding hydrogens is 376 g/mol. The molecule has 0 unspecified atom stereocenters. The van der Waals surface area contributed by atoms with E-state index in [4.69, 9.17) is 11.6 Å². The zero-order valence-corrected chi connectivity index (χ0v) is 15.7. The maximum atomic E-state index is 12.4. The van der Waals surface area contributed by atoms with Gasteiger partial charge in [-0.3, -0.25) is 4.79 Å². The summed E-state index contributed by atoms with van der Waals surface area (Å²) in [6, 6.07) is 11.4. The van der Waals surface area contributed by atoms with Gasteiger partial charge in [0.1, 0.15) is 0 Å². The summed E-state index contributed by atoms with van der Waals surface area (Å²) in [5.41, 5.74) is 0.902. The van der Waals surface area contributed by atoms with Crippen molar-refractivity contribution in [3.63, 3.8) is 0 Å². The Hall–Kier alpha value is -1.96. The number of rotatable bonds is 3. The quantitative estimate of drug-likeness (QED) is 0.680. The highest BCUT2D eigenvalue weighted by molar-refractivity contribution is 7.18. The molecule has 1 saturated heterocycles. The van der Waals surface area contributed by atoms with E-state index in [-0.39, 0.29) is 5.91 Å².